The lowest BCUT2D eigenvalue weighted by Gasteiger charge is -2.19. The first-order valence-corrected chi connectivity index (χ1v) is 6.78. The summed E-state index contributed by atoms with van der Waals surface area (Å²) in [5, 5.41) is 3.06. The van der Waals surface area contributed by atoms with Gasteiger partial charge in [-0.1, -0.05) is 45.0 Å². The number of nitrogens with zero attached hydrogens (tertiary/aromatic N) is 1. The van der Waals surface area contributed by atoms with Gasteiger partial charge in [0.25, 0.3) is 0 Å². The van der Waals surface area contributed by atoms with E-state index < -0.39 is 6.17 Å². The Kier molecular flexibility index (Phi) is 5.95. The van der Waals surface area contributed by atoms with Crippen molar-refractivity contribution in [1.29, 1.82) is 0 Å². The standard InChI is InChI=1S/C15H25FN4/c1-15(2,3)12-6-4-11(5-7-12)8-19-9-13(16)10-20-14(17)18/h4-7,13,19H,8-10H2,1-3H3,(H4,17,18,20). The first-order valence-electron chi connectivity index (χ1n) is 6.78. The van der Waals surface area contributed by atoms with E-state index >= 15 is 0 Å². The van der Waals surface area contributed by atoms with E-state index in [1.807, 2.05) is 0 Å². The molecule has 0 aromatic heterocycles. The Morgan fingerprint density at radius 2 is 1.85 bits per heavy atom. The number of alkyl halides is 1. The summed E-state index contributed by atoms with van der Waals surface area (Å²) in [6, 6.07) is 8.36. The molecule has 1 unspecified atom stereocenters. The molecule has 20 heavy (non-hydrogen) atoms. The van der Waals surface area contributed by atoms with Gasteiger partial charge < -0.3 is 16.8 Å². The van der Waals surface area contributed by atoms with Crippen molar-refractivity contribution in [2.75, 3.05) is 13.1 Å². The zero-order valence-electron chi connectivity index (χ0n) is 12.5. The zero-order chi connectivity index (χ0) is 15.2. The molecular formula is C15H25FN4. The summed E-state index contributed by atoms with van der Waals surface area (Å²) in [7, 11) is 0. The summed E-state index contributed by atoms with van der Waals surface area (Å²) in [4.78, 5) is 3.65. The Hall–Kier alpha value is -1.62. The number of nitrogens with two attached hydrogens (primary N) is 2. The van der Waals surface area contributed by atoms with Crippen LogP contribution in [0.25, 0.3) is 0 Å². The molecular weight excluding hydrogens is 255 g/mol. The third kappa shape index (κ3) is 6.02. The maximum atomic E-state index is 13.4. The van der Waals surface area contributed by atoms with Gasteiger partial charge in [0.15, 0.2) is 5.96 Å². The van der Waals surface area contributed by atoms with Gasteiger partial charge >= 0.3 is 0 Å². The van der Waals surface area contributed by atoms with E-state index in [-0.39, 0.29) is 24.5 Å². The van der Waals surface area contributed by atoms with E-state index in [0.717, 1.165) is 5.56 Å². The van der Waals surface area contributed by atoms with Crippen LogP contribution in [0.2, 0.25) is 0 Å². The van der Waals surface area contributed by atoms with Gasteiger partial charge in [-0.25, -0.2) is 4.39 Å². The number of nitrogens with one attached hydrogen (secondary N) is 1. The van der Waals surface area contributed by atoms with Crippen LogP contribution in [0, 0.1) is 0 Å². The highest BCUT2D eigenvalue weighted by atomic mass is 19.1. The molecule has 1 rings (SSSR count). The SMILES string of the molecule is CC(C)(C)c1ccc(CNCC(F)CN=C(N)N)cc1. The number of hydrogen-bond acceptors (Lipinski definition) is 2. The minimum Gasteiger partial charge on any atom is -0.370 e. The molecule has 0 fully saturated rings. The lowest BCUT2D eigenvalue weighted by atomic mass is 9.87. The van der Waals surface area contributed by atoms with E-state index in [1.165, 1.54) is 5.56 Å². The maximum Gasteiger partial charge on any atom is 0.186 e. The highest BCUT2D eigenvalue weighted by molar-refractivity contribution is 5.75. The number of aliphatic imine (C=N–C) groups is 1. The molecule has 0 aliphatic heterocycles. The molecule has 0 aliphatic rings. The summed E-state index contributed by atoms with van der Waals surface area (Å²) in [6.07, 6.45) is -1.08. The van der Waals surface area contributed by atoms with Gasteiger partial charge in [-0.05, 0) is 16.5 Å². The average Bonchev–Trinajstić information content (AvgIpc) is 2.36. The second-order valence-corrected chi connectivity index (χ2v) is 5.94. The quantitative estimate of drug-likeness (QED) is 0.548. The second kappa shape index (κ2) is 7.24. The third-order valence-electron chi connectivity index (χ3n) is 2.99. The monoisotopic (exact) mass is 280 g/mol. The molecule has 5 heteroatoms. The predicted molar refractivity (Wildman–Crippen MR) is 82.4 cm³/mol. The molecule has 5 N–H and O–H groups in total. The molecule has 0 amide bonds. The fourth-order valence-corrected chi connectivity index (χ4v) is 1.76. The van der Waals surface area contributed by atoms with Crippen molar-refractivity contribution in [3.05, 3.63) is 35.4 Å². The summed E-state index contributed by atoms with van der Waals surface area (Å²) in [5.41, 5.74) is 12.9. The molecule has 1 aromatic rings. The summed E-state index contributed by atoms with van der Waals surface area (Å²) < 4.78 is 13.4. The Balaban J connectivity index is 2.37. The van der Waals surface area contributed by atoms with Gasteiger partial charge in [0.1, 0.15) is 6.17 Å². The lowest BCUT2D eigenvalue weighted by Crippen LogP contribution is -2.28. The van der Waals surface area contributed by atoms with Crippen LogP contribution in [-0.2, 0) is 12.0 Å². The molecule has 0 radical (unpaired) electrons. The van der Waals surface area contributed by atoms with E-state index in [1.54, 1.807) is 0 Å². The molecule has 0 aliphatic carbocycles. The molecule has 1 aromatic carbocycles. The normalized spacial score (nSPS) is 13.0. The second-order valence-electron chi connectivity index (χ2n) is 5.94. The van der Waals surface area contributed by atoms with Gasteiger partial charge in [0.2, 0.25) is 0 Å². The van der Waals surface area contributed by atoms with Gasteiger partial charge in [0, 0.05) is 13.1 Å². The van der Waals surface area contributed by atoms with Gasteiger partial charge in [-0.2, -0.15) is 0 Å². The fraction of sp³-hybridized carbons (Fsp3) is 0.533. The Bertz CT molecular complexity index is 430. The van der Waals surface area contributed by atoms with Gasteiger partial charge in [0.05, 0.1) is 6.54 Å². The summed E-state index contributed by atoms with van der Waals surface area (Å²) in [5.74, 6) is -0.0783. The predicted octanol–water partition coefficient (Wildman–Crippen LogP) is 1.69. The van der Waals surface area contributed by atoms with Crippen LogP contribution in [-0.4, -0.2) is 25.2 Å². The van der Waals surface area contributed by atoms with Crippen molar-refractivity contribution in [1.82, 2.24) is 5.32 Å². The first kappa shape index (κ1) is 16.4. The van der Waals surface area contributed by atoms with Gasteiger partial charge in [-0.3, -0.25) is 4.99 Å². The molecule has 1 atom stereocenters. The first-order chi connectivity index (χ1) is 9.29. The highest BCUT2D eigenvalue weighted by Gasteiger charge is 2.12. The molecule has 0 heterocycles. The minimum absolute atomic E-state index is 0.00169. The Morgan fingerprint density at radius 3 is 2.35 bits per heavy atom. The summed E-state index contributed by atoms with van der Waals surface area (Å²) in [6.45, 7) is 7.40. The van der Waals surface area contributed by atoms with Crippen LogP contribution < -0.4 is 16.8 Å². The van der Waals surface area contributed by atoms with Crippen molar-refractivity contribution < 1.29 is 4.39 Å². The van der Waals surface area contributed by atoms with Crippen LogP contribution >= 0.6 is 0 Å². The van der Waals surface area contributed by atoms with Crippen molar-refractivity contribution in [3.8, 4) is 0 Å². The third-order valence-corrected chi connectivity index (χ3v) is 2.99. The molecule has 0 saturated heterocycles. The van der Waals surface area contributed by atoms with E-state index in [9.17, 15) is 4.39 Å². The van der Waals surface area contributed by atoms with Crippen molar-refractivity contribution in [2.45, 2.75) is 38.9 Å². The van der Waals surface area contributed by atoms with Crippen LogP contribution in [0.5, 0.6) is 0 Å². The smallest absolute Gasteiger partial charge is 0.186 e. The number of guanidine groups is 1. The minimum atomic E-state index is -1.08. The van der Waals surface area contributed by atoms with Crippen LogP contribution in [0.4, 0.5) is 4.39 Å². The van der Waals surface area contributed by atoms with Crippen LogP contribution in [0.1, 0.15) is 31.9 Å². The van der Waals surface area contributed by atoms with Gasteiger partial charge in [-0.15, -0.1) is 0 Å². The molecule has 4 nitrogen and oxygen atoms in total. The maximum absolute atomic E-state index is 13.4. The Morgan fingerprint density at radius 1 is 1.25 bits per heavy atom. The lowest BCUT2D eigenvalue weighted by molar-refractivity contribution is 0.327. The molecule has 0 saturated carbocycles. The molecule has 112 valence electrons. The number of hydrogen-bond donors (Lipinski definition) is 3. The van der Waals surface area contributed by atoms with Crippen molar-refractivity contribution in [2.24, 2.45) is 16.5 Å². The van der Waals surface area contributed by atoms with Crippen molar-refractivity contribution >= 4 is 5.96 Å². The Labute approximate surface area is 120 Å². The zero-order valence-corrected chi connectivity index (χ0v) is 12.5. The summed E-state index contributed by atoms with van der Waals surface area (Å²) >= 11 is 0. The molecule has 0 spiro atoms. The van der Waals surface area contributed by atoms with Crippen LogP contribution in [0.15, 0.2) is 29.3 Å². The van der Waals surface area contributed by atoms with Crippen molar-refractivity contribution in [3.63, 3.8) is 0 Å². The fourth-order valence-electron chi connectivity index (χ4n) is 1.76. The highest BCUT2D eigenvalue weighted by Crippen LogP contribution is 2.22. The largest absolute Gasteiger partial charge is 0.370 e. The van der Waals surface area contributed by atoms with E-state index in [4.69, 9.17) is 11.5 Å². The average molecular weight is 280 g/mol. The number of halogens is 1. The topological polar surface area (TPSA) is 76.4 Å². The van der Waals surface area contributed by atoms with E-state index in [0.29, 0.717) is 6.54 Å². The van der Waals surface area contributed by atoms with Crippen LogP contribution in [0.3, 0.4) is 0 Å². The number of rotatable bonds is 6. The van der Waals surface area contributed by atoms with E-state index in [2.05, 4.69) is 55.3 Å². The number of benzene rings is 1. The molecule has 0 bridgehead atoms.